The minimum atomic E-state index is -0.531. The van der Waals surface area contributed by atoms with E-state index in [-0.39, 0.29) is 5.91 Å². The zero-order valence-corrected chi connectivity index (χ0v) is 11.4. The third-order valence-corrected chi connectivity index (χ3v) is 2.79. The second-order valence-electron chi connectivity index (χ2n) is 4.25. The lowest BCUT2D eigenvalue weighted by Gasteiger charge is -2.13. The molecule has 1 amide bonds. The Hall–Kier alpha value is -1.65. The van der Waals surface area contributed by atoms with Crippen molar-refractivity contribution < 1.29 is 9.53 Å². The number of carbonyl (C=O) groups excluding carboxylic acids is 1. The molecule has 3 N–H and O–H groups in total. The number of rotatable bonds is 8. The minimum Gasteiger partial charge on any atom is -0.377 e. The van der Waals surface area contributed by atoms with Gasteiger partial charge in [0.1, 0.15) is 0 Å². The van der Waals surface area contributed by atoms with Gasteiger partial charge >= 0.3 is 0 Å². The van der Waals surface area contributed by atoms with Crippen LogP contribution in [-0.4, -0.2) is 18.6 Å². The molecule has 1 aromatic carbocycles. The summed E-state index contributed by atoms with van der Waals surface area (Å²) in [6.45, 7) is 7.22. The van der Waals surface area contributed by atoms with Crippen LogP contribution in [0.25, 0.3) is 0 Å². The van der Waals surface area contributed by atoms with E-state index in [9.17, 15) is 4.79 Å². The Morgan fingerprint density at radius 3 is 2.79 bits per heavy atom. The summed E-state index contributed by atoms with van der Waals surface area (Å²) in [5.74, 6) is -0.161. The average Bonchev–Trinajstić information content (AvgIpc) is 2.43. The first-order chi connectivity index (χ1) is 9.19. The van der Waals surface area contributed by atoms with Crippen molar-refractivity contribution in [3.63, 3.8) is 0 Å². The number of carbonyl (C=O) groups is 1. The van der Waals surface area contributed by atoms with E-state index in [0.717, 1.165) is 11.1 Å². The van der Waals surface area contributed by atoms with Gasteiger partial charge in [0.05, 0.1) is 12.6 Å². The molecule has 0 radical (unpaired) electrons. The topological polar surface area (TPSA) is 64.4 Å². The van der Waals surface area contributed by atoms with Crippen molar-refractivity contribution in [1.82, 2.24) is 5.32 Å². The molecule has 0 aromatic heterocycles. The number of hydrogen-bond donors (Lipinski definition) is 2. The molecule has 0 saturated carbocycles. The molecule has 0 aliphatic rings. The summed E-state index contributed by atoms with van der Waals surface area (Å²) in [6, 6.07) is 7.36. The smallest absolute Gasteiger partial charge is 0.237 e. The Balaban J connectivity index is 2.56. The number of hydrogen-bond acceptors (Lipinski definition) is 3. The summed E-state index contributed by atoms with van der Waals surface area (Å²) in [5.41, 5.74) is 7.84. The van der Waals surface area contributed by atoms with Gasteiger partial charge in [0, 0.05) is 13.2 Å². The van der Waals surface area contributed by atoms with Crippen molar-refractivity contribution in [2.45, 2.75) is 32.5 Å². The molecule has 0 heterocycles. The molecule has 0 saturated heterocycles. The van der Waals surface area contributed by atoms with Gasteiger partial charge in [0.15, 0.2) is 0 Å². The van der Waals surface area contributed by atoms with Gasteiger partial charge in [-0.15, -0.1) is 6.58 Å². The Morgan fingerprint density at radius 1 is 1.47 bits per heavy atom. The van der Waals surface area contributed by atoms with Gasteiger partial charge in [-0.3, -0.25) is 4.79 Å². The predicted molar refractivity (Wildman–Crippen MR) is 76.4 cm³/mol. The highest BCUT2D eigenvalue weighted by Crippen LogP contribution is 2.10. The van der Waals surface area contributed by atoms with Crippen LogP contribution in [0.5, 0.6) is 0 Å². The SMILES string of the molecule is C=CCC(N)C(=O)NCc1ccccc1COCC. The maximum absolute atomic E-state index is 11.7. The van der Waals surface area contributed by atoms with Crippen LogP contribution in [0.1, 0.15) is 24.5 Å². The Bertz CT molecular complexity index is 418. The molecule has 4 heteroatoms. The van der Waals surface area contributed by atoms with E-state index in [0.29, 0.717) is 26.2 Å². The first kappa shape index (κ1) is 15.4. The zero-order chi connectivity index (χ0) is 14.1. The van der Waals surface area contributed by atoms with Gasteiger partial charge < -0.3 is 15.8 Å². The molecule has 0 aliphatic carbocycles. The number of amides is 1. The number of nitrogens with two attached hydrogens (primary N) is 1. The summed E-state index contributed by atoms with van der Waals surface area (Å²) in [4.78, 5) is 11.7. The highest BCUT2D eigenvalue weighted by Gasteiger charge is 2.11. The lowest BCUT2D eigenvalue weighted by Crippen LogP contribution is -2.39. The molecule has 4 nitrogen and oxygen atoms in total. The van der Waals surface area contributed by atoms with Crippen molar-refractivity contribution in [2.24, 2.45) is 5.73 Å². The molecule has 1 rings (SSSR count). The minimum absolute atomic E-state index is 0.161. The predicted octanol–water partition coefficient (Wildman–Crippen LogP) is 1.74. The van der Waals surface area contributed by atoms with Crippen LogP contribution in [-0.2, 0) is 22.7 Å². The average molecular weight is 262 g/mol. The molecular formula is C15H22N2O2. The van der Waals surface area contributed by atoms with E-state index in [2.05, 4.69) is 11.9 Å². The monoisotopic (exact) mass is 262 g/mol. The van der Waals surface area contributed by atoms with Crippen LogP contribution in [0.2, 0.25) is 0 Å². The van der Waals surface area contributed by atoms with Crippen molar-refractivity contribution >= 4 is 5.91 Å². The normalized spacial score (nSPS) is 11.9. The first-order valence-electron chi connectivity index (χ1n) is 6.47. The quantitative estimate of drug-likeness (QED) is 0.701. The second-order valence-corrected chi connectivity index (χ2v) is 4.25. The molecule has 0 bridgehead atoms. The number of benzene rings is 1. The summed E-state index contributed by atoms with van der Waals surface area (Å²) in [6.07, 6.45) is 2.12. The molecule has 0 aliphatic heterocycles. The van der Waals surface area contributed by atoms with Crippen LogP contribution in [0, 0.1) is 0 Å². The molecule has 1 unspecified atom stereocenters. The molecule has 0 fully saturated rings. The summed E-state index contributed by atoms with van der Waals surface area (Å²) >= 11 is 0. The van der Waals surface area contributed by atoms with Crippen LogP contribution < -0.4 is 11.1 Å². The van der Waals surface area contributed by atoms with Crippen molar-refractivity contribution in [2.75, 3.05) is 6.61 Å². The fourth-order valence-electron chi connectivity index (χ4n) is 1.68. The standard InChI is InChI=1S/C15H22N2O2/c1-3-7-14(16)15(18)17-10-12-8-5-6-9-13(12)11-19-4-2/h3,5-6,8-9,14H,1,4,7,10-11,16H2,2H3,(H,17,18). The van der Waals surface area contributed by atoms with E-state index in [1.165, 1.54) is 0 Å². The van der Waals surface area contributed by atoms with Gasteiger partial charge in [-0.25, -0.2) is 0 Å². The van der Waals surface area contributed by atoms with E-state index in [4.69, 9.17) is 10.5 Å². The summed E-state index contributed by atoms with van der Waals surface area (Å²) < 4.78 is 5.40. The lowest BCUT2D eigenvalue weighted by atomic mass is 10.1. The third-order valence-electron chi connectivity index (χ3n) is 2.79. The highest BCUT2D eigenvalue weighted by molar-refractivity contribution is 5.81. The van der Waals surface area contributed by atoms with Gasteiger partial charge in [-0.1, -0.05) is 30.3 Å². The first-order valence-corrected chi connectivity index (χ1v) is 6.47. The third kappa shape index (κ3) is 5.24. The Labute approximate surface area is 114 Å². The highest BCUT2D eigenvalue weighted by atomic mass is 16.5. The molecule has 104 valence electrons. The van der Waals surface area contributed by atoms with Crippen molar-refractivity contribution in [3.8, 4) is 0 Å². The fraction of sp³-hybridized carbons (Fsp3) is 0.400. The van der Waals surface area contributed by atoms with Crippen LogP contribution in [0.4, 0.5) is 0 Å². The maximum atomic E-state index is 11.7. The van der Waals surface area contributed by atoms with E-state index in [1.807, 2.05) is 31.2 Å². The van der Waals surface area contributed by atoms with E-state index < -0.39 is 6.04 Å². The molecule has 19 heavy (non-hydrogen) atoms. The largest absolute Gasteiger partial charge is 0.377 e. The van der Waals surface area contributed by atoms with Gasteiger partial charge in [0.2, 0.25) is 5.91 Å². The van der Waals surface area contributed by atoms with Crippen LogP contribution in [0.3, 0.4) is 0 Å². The second kappa shape index (κ2) is 8.45. The molecule has 0 spiro atoms. The Morgan fingerprint density at radius 2 is 2.16 bits per heavy atom. The van der Waals surface area contributed by atoms with Crippen LogP contribution >= 0.6 is 0 Å². The Kier molecular flexibility index (Phi) is 6.85. The zero-order valence-electron chi connectivity index (χ0n) is 11.4. The van der Waals surface area contributed by atoms with E-state index in [1.54, 1.807) is 6.08 Å². The van der Waals surface area contributed by atoms with Crippen LogP contribution in [0.15, 0.2) is 36.9 Å². The number of nitrogens with one attached hydrogen (secondary N) is 1. The maximum Gasteiger partial charge on any atom is 0.237 e. The summed E-state index contributed by atoms with van der Waals surface area (Å²) in [5, 5.41) is 2.83. The van der Waals surface area contributed by atoms with Gasteiger partial charge in [-0.05, 0) is 24.5 Å². The molecule has 1 aromatic rings. The van der Waals surface area contributed by atoms with Crippen molar-refractivity contribution in [3.05, 3.63) is 48.0 Å². The van der Waals surface area contributed by atoms with Crippen molar-refractivity contribution in [1.29, 1.82) is 0 Å². The molecular weight excluding hydrogens is 240 g/mol. The number of ether oxygens (including phenoxy) is 1. The van der Waals surface area contributed by atoms with E-state index >= 15 is 0 Å². The summed E-state index contributed by atoms with van der Waals surface area (Å²) in [7, 11) is 0. The fourth-order valence-corrected chi connectivity index (χ4v) is 1.68. The van der Waals surface area contributed by atoms with Gasteiger partial charge in [0.25, 0.3) is 0 Å². The lowest BCUT2D eigenvalue weighted by molar-refractivity contribution is -0.122. The molecule has 1 atom stereocenters. The van der Waals surface area contributed by atoms with Gasteiger partial charge in [-0.2, -0.15) is 0 Å².